The Morgan fingerprint density at radius 1 is 0.969 bits per heavy atom. The number of rotatable bonds is 6. The zero-order valence-corrected chi connectivity index (χ0v) is 20.6. The van der Waals surface area contributed by atoms with Crippen molar-refractivity contribution in [3.63, 3.8) is 0 Å². The molecule has 3 rings (SSSR count). The van der Waals surface area contributed by atoms with Gasteiger partial charge in [-0.15, -0.1) is 0 Å². The molecule has 2 aliphatic rings. The predicted molar refractivity (Wildman–Crippen MR) is 124 cm³/mol. The first-order valence-corrected chi connectivity index (χ1v) is 12.1. The molecular formula is C27H40F3NO. The number of piperidine rings is 1. The number of hydrogen-bond donors (Lipinski definition) is 0. The molecule has 1 aliphatic carbocycles. The molecule has 1 saturated carbocycles. The van der Waals surface area contributed by atoms with Gasteiger partial charge in [-0.1, -0.05) is 12.2 Å². The lowest BCUT2D eigenvalue weighted by Crippen LogP contribution is -2.59. The van der Waals surface area contributed by atoms with Crippen LogP contribution in [-0.4, -0.2) is 23.3 Å². The van der Waals surface area contributed by atoms with Crippen LogP contribution in [0.15, 0.2) is 18.2 Å². The predicted octanol–water partition coefficient (Wildman–Crippen LogP) is 8.03. The fourth-order valence-electron chi connectivity index (χ4n) is 6.52. The van der Waals surface area contributed by atoms with E-state index in [0.717, 1.165) is 38.5 Å². The second kappa shape index (κ2) is 9.89. The first-order valence-electron chi connectivity index (χ1n) is 12.1. The Balaban J connectivity index is 1.81. The van der Waals surface area contributed by atoms with Gasteiger partial charge in [0.2, 0.25) is 0 Å². The summed E-state index contributed by atoms with van der Waals surface area (Å²) in [6.07, 6.45) is 11.0. The maximum atomic E-state index is 15.4. The van der Waals surface area contributed by atoms with E-state index in [1.165, 1.54) is 6.07 Å². The number of hydrogen-bond acceptors (Lipinski definition) is 2. The highest BCUT2D eigenvalue weighted by Gasteiger charge is 2.48. The van der Waals surface area contributed by atoms with Gasteiger partial charge in [-0.2, -0.15) is 5.06 Å². The lowest BCUT2D eigenvalue weighted by molar-refractivity contribution is -0.267. The molecule has 0 radical (unpaired) electrons. The largest absolute Gasteiger partial charge is 0.301 e. The van der Waals surface area contributed by atoms with Gasteiger partial charge in [-0.25, -0.2) is 13.2 Å². The number of halogens is 3. The third-order valence-corrected chi connectivity index (χ3v) is 7.67. The monoisotopic (exact) mass is 451 g/mol. The van der Waals surface area contributed by atoms with Crippen molar-refractivity contribution in [1.82, 2.24) is 5.06 Å². The molecule has 0 bridgehead atoms. The summed E-state index contributed by atoms with van der Waals surface area (Å²) in [5.74, 6) is -2.32. The van der Waals surface area contributed by atoms with E-state index in [4.69, 9.17) is 4.84 Å². The van der Waals surface area contributed by atoms with Crippen molar-refractivity contribution in [2.45, 2.75) is 109 Å². The van der Waals surface area contributed by atoms with Crippen molar-refractivity contribution in [3.8, 4) is 0 Å². The highest BCUT2D eigenvalue weighted by Crippen LogP contribution is 2.48. The van der Waals surface area contributed by atoms with Crippen molar-refractivity contribution in [2.75, 3.05) is 7.11 Å². The van der Waals surface area contributed by atoms with Gasteiger partial charge in [0, 0.05) is 16.6 Å². The fraction of sp³-hybridized carbons (Fsp3) is 0.704. The molecule has 180 valence electrons. The van der Waals surface area contributed by atoms with Crippen LogP contribution < -0.4 is 0 Å². The van der Waals surface area contributed by atoms with Crippen molar-refractivity contribution in [3.05, 3.63) is 46.8 Å². The minimum atomic E-state index is -0.988. The second-order valence-electron chi connectivity index (χ2n) is 11.1. The molecule has 0 atom stereocenters. The summed E-state index contributed by atoms with van der Waals surface area (Å²) < 4.78 is 46.0. The van der Waals surface area contributed by atoms with Gasteiger partial charge in [0.05, 0.1) is 7.11 Å². The molecule has 1 aromatic rings. The first kappa shape index (κ1) is 25.3. The molecule has 2 fully saturated rings. The number of allylic oxidation sites excluding steroid dienone is 2. The van der Waals surface area contributed by atoms with E-state index in [1.807, 2.05) is 39.7 Å². The Kier molecular flexibility index (Phi) is 7.81. The zero-order valence-electron chi connectivity index (χ0n) is 20.6. The van der Waals surface area contributed by atoms with E-state index in [9.17, 15) is 0 Å². The molecule has 0 aromatic heterocycles. The smallest absolute Gasteiger partial charge is 0.165 e. The Labute approximate surface area is 192 Å². The topological polar surface area (TPSA) is 12.5 Å². The van der Waals surface area contributed by atoms with Crippen LogP contribution in [0.5, 0.6) is 0 Å². The van der Waals surface area contributed by atoms with Crippen LogP contribution in [0, 0.1) is 23.4 Å². The van der Waals surface area contributed by atoms with Crippen LogP contribution >= 0.6 is 0 Å². The van der Waals surface area contributed by atoms with Crippen molar-refractivity contribution < 1.29 is 18.0 Å². The average molecular weight is 452 g/mol. The van der Waals surface area contributed by atoms with E-state index >= 15 is 13.2 Å². The van der Waals surface area contributed by atoms with Gasteiger partial charge >= 0.3 is 0 Å². The SMILES string of the molecule is C/C=C/CCC1CCC(c2cc(F)c(C3CC(C)(C)N(OC)C(C)(C)C3)c(F)c2F)CC1. The van der Waals surface area contributed by atoms with E-state index in [2.05, 4.69) is 12.2 Å². The molecule has 2 nitrogen and oxygen atoms in total. The third kappa shape index (κ3) is 5.09. The van der Waals surface area contributed by atoms with E-state index in [1.54, 1.807) is 7.11 Å². The Bertz CT molecular complexity index is 807. The summed E-state index contributed by atoms with van der Waals surface area (Å²) in [4.78, 5) is 5.60. The Hall–Kier alpha value is -1.33. The summed E-state index contributed by atoms with van der Waals surface area (Å²) >= 11 is 0. The molecule has 1 saturated heterocycles. The van der Waals surface area contributed by atoms with Gasteiger partial charge < -0.3 is 4.84 Å². The minimum absolute atomic E-state index is 0.0943. The highest BCUT2D eigenvalue weighted by atomic mass is 19.2. The van der Waals surface area contributed by atoms with Crippen LogP contribution in [-0.2, 0) is 4.84 Å². The molecule has 1 aromatic carbocycles. The van der Waals surface area contributed by atoms with E-state index < -0.39 is 34.4 Å². The second-order valence-corrected chi connectivity index (χ2v) is 11.1. The van der Waals surface area contributed by atoms with Crippen molar-refractivity contribution >= 4 is 0 Å². The number of hydroxylamine groups is 2. The van der Waals surface area contributed by atoms with Crippen molar-refractivity contribution in [2.24, 2.45) is 5.92 Å². The highest BCUT2D eigenvalue weighted by molar-refractivity contribution is 5.34. The van der Waals surface area contributed by atoms with Crippen LogP contribution in [0.3, 0.4) is 0 Å². The average Bonchev–Trinajstić information content (AvgIpc) is 2.70. The maximum Gasteiger partial charge on any atom is 0.165 e. The van der Waals surface area contributed by atoms with Gasteiger partial charge in [-0.05, 0) is 115 Å². The molecule has 1 aliphatic heterocycles. The quantitative estimate of drug-likeness (QED) is 0.321. The van der Waals surface area contributed by atoms with E-state index in [0.29, 0.717) is 18.8 Å². The molecule has 1 heterocycles. The summed E-state index contributed by atoms with van der Waals surface area (Å²) in [7, 11) is 1.62. The standard InChI is InChI=1S/C27H40F3NO/c1-7-8-9-10-18-11-13-19(14-12-18)21-15-22(28)23(25(30)24(21)29)20-16-26(2,3)31(32-6)27(4,5)17-20/h7-8,15,18-20H,9-14,16-17H2,1-6H3/b8-7+. The lowest BCUT2D eigenvalue weighted by Gasteiger charge is -2.53. The van der Waals surface area contributed by atoms with Gasteiger partial charge in [0.25, 0.3) is 0 Å². The molecular weight excluding hydrogens is 411 g/mol. The normalized spacial score (nSPS) is 26.7. The van der Waals surface area contributed by atoms with Gasteiger partial charge in [0.1, 0.15) is 5.82 Å². The first-order chi connectivity index (χ1) is 15.0. The van der Waals surface area contributed by atoms with Crippen molar-refractivity contribution in [1.29, 1.82) is 0 Å². The Morgan fingerprint density at radius 3 is 2.09 bits per heavy atom. The molecule has 0 amide bonds. The summed E-state index contributed by atoms with van der Waals surface area (Å²) in [6.45, 7) is 10.0. The fourth-order valence-corrected chi connectivity index (χ4v) is 6.52. The maximum absolute atomic E-state index is 15.4. The van der Waals surface area contributed by atoms with E-state index in [-0.39, 0.29) is 17.0 Å². The summed E-state index contributed by atoms with van der Waals surface area (Å²) in [5, 5.41) is 1.89. The van der Waals surface area contributed by atoms with Crippen LogP contribution in [0.2, 0.25) is 0 Å². The molecule has 0 unspecified atom stereocenters. The zero-order chi connectivity index (χ0) is 23.7. The number of nitrogens with zero attached hydrogens (tertiary/aromatic N) is 1. The Morgan fingerprint density at radius 2 is 1.56 bits per heavy atom. The van der Waals surface area contributed by atoms with Gasteiger partial charge in [0.15, 0.2) is 11.6 Å². The van der Waals surface area contributed by atoms with Crippen LogP contribution in [0.4, 0.5) is 13.2 Å². The summed E-state index contributed by atoms with van der Waals surface area (Å²) in [5.41, 5.74) is -0.729. The summed E-state index contributed by atoms with van der Waals surface area (Å²) in [6, 6.07) is 1.29. The number of benzene rings is 1. The molecule has 0 N–H and O–H groups in total. The molecule has 0 spiro atoms. The third-order valence-electron chi connectivity index (χ3n) is 7.67. The minimum Gasteiger partial charge on any atom is -0.301 e. The van der Waals surface area contributed by atoms with Gasteiger partial charge in [-0.3, -0.25) is 0 Å². The molecule has 32 heavy (non-hydrogen) atoms. The van der Waals surface area contributed by atoms with Crippen LogP contribution in [0.25, 0.3) is 0 Å². The molecule has 5 heteroatoms. The van der Waals surface area contributed by atoms with Crippen LogP contribution in [0.1, 0.15) is 109 Å². The lowest BCUT2D eigenvalue weighted by atomic mass is 9.71.